The molecular formula is C27H37F3N8O6S. The van der Waals surface area contributed by atoms with Crippen molar-refractivity contribution in [3.05, 3.63) is 17.3 Å². The predicted molar refractivity (Wildman–Crippen MR) is 155 cm³/mol. The molecule has 45 heavy (non-hydrogen) atoms. The van der Waals surface area contributed by atoms with Crippen LogP contribution in [0.25, 0.3) is 0 Å². The largest absolute Gasteiger partial charge is 0.457 e. The van der Waals surface area contributed by atoms with Gasteiger partial charge in [-0.15, -0.1) is 10.2 Å². The molecular weight excluding hydrogens is 621 g/mol. The van der Waals surface area contributed by atoms with Gasteiger partial charge in [0.25, 0.3) is 0 Å². The van der Waals surface area contributed by atoms with Crippen LogP contribution in [0.1, 0.15) is 46.6 Å². The first-order valence-electron chi connectivity index (χ1n) is 14.3. The molecule has 4 unspecified atom stereocenters. The first-order chi connectivity index (χ1) is 20.9. The van der Waals surface area contributed by atoms with Gasteiger partial charge >= 0.3 is 18.1 Å². The number of ether oxygens (including phenoxy) is 2. The van der Waals surface area contributed by atoms with E-state index < -0.39 is 75.2 Å². The number of morpholine rings is 2. The Bertz CT molecular complexity index is 1440. The van der Waals surface area contributed by atoms with Gasteiger partial charge in [0.05, 0.1) is 11.8 Å². The molecule has 14 nitrogen and oxygen atoms in total. The average Bonchev–Trinajstić information content (AvgIpc) is 3.55. The molecule has 0 radical (unpaired) electrons. The van der Waals surface area contributed by atoms with Gasteiger partial charge in [0, 0.05) is 32.4 Å². The molecule has 2 fully saturated rings. The minimum absolute atomic E-state index is 0.0814. The molecule has 18 heteroatoms. The second-order valence-corrected chi connectivity index (χ2v) is 13.2. The minimum Gasteiger partial charge on any atom is -0.457 e. The van der Waals surface area contributed by atoms with Crippen molar-refractivity contribution >= 4 is 46.0 Å². The van der Waals surface area contributed by atoms with E-state index in [4.69, 9.17) is 9.47 Å². The Hall–Kier alpha value is -3.64. The molecule has 2 aromatic heterocycles. The number of hydrogen-bond donors (Lipinski definition) is 2. The molecule has 4 heterocycles. The van der Waals surface area contributed by atoms with Crippen molar-refractivity contribution in [2.75, 3.05) is 36.8 Å². The topological polar surface area (TPSA) is 161 Å². The molecule has 0 spiro atoms. The molecule has 2 aliphatic heterocycles. The molecule has 0 bridgehead atoms. The summed E-state index contributed by atoms with van der Waals surface area (Å²) in [7, 11) is 1.62. The van der Waals surface area contributed by atoms with Gasteiger partial charge in [-0.2, -0.15) is 18.3 Å². The van der Waals surface area contributed by atoms with Crippen LogP contribution in [0.15, 0.2) is 12.3 Å². The van der Waals surface area contributed by atoms with Crippen molar-refractivity contribution in [1.29, 1.82) is 0 Å². The minimum atomic E-state index is -4.82. The van der Waals surface area contributed by atoms with Crippen LogP contribution in [0.5, 0.6) is 0 Å². The van der Waals surface area contributed by atoms with E-state index in [-0.39, 0.29) is 43.3 Å². The van der Waals surface area contributed by atoms with Crippen LogP contribution >= 0.6 is 11.3 Å². The number of likely N-dealkylation sites (N-methyl/N-ethyl adjacent to an activating group) is 2. The highest BCUT2D eigenvalue weighted by molar-refractivity contribution is 7.15. The first kappa shape index (κ1) is 34.2. The Kier molecular flexibility index (Phi) is 9.61. The summed E-state index contributed by atoms with van der Waals surface area (Å²) in [6.07, 6.45) is -3.25. The second kappa shape index (κ2) is 12.6. The fraction of sp³-hybridized carbons (Fsp3) is 0.667. The normalized spacial score (nSPS) is 23.5. The van der Waals surface area contributed by atoms with E-state index in [0.717, 1.165) is 0 Å². The van der Waals surface area contributed by atoms with E-state index in [1.54, 1.807) is 64.6 Å². The summed E-state index contributed by atoms with van der Waals surface area (Å²) in [5, 5.41) is 13.9. The van der Waals surface area contributed by atoms with Crippen molar-refractivity contribution < 1.29 is 41.8 Å². The highest BCUT2D eigenvalue weighted by atomic mass is 32.1. The third kappa shape index (κ3) is 7.61. The second-order valence-electron chi connectivity index (χ2n) is 12.2. The van der Waals surface area contributed by atoms with Crippen LogP contribution in [0.3, 0.4) is 0 Å². The summed E-state index contributed by atoms with van der Waals surface area (Å²) in [6, 6.07) is -1.29. The molecule has 4 atom stereocenters. The number of aromatic nitrogens is 4. The monoisotopic (exact) mass is 658 g/mol. The van der Waals surface area contributed by atoms with Gasteiger partial charge in [-0.25, -0.2) is 0 Å². The van der Waals surface area contributed by atoms with Crippen LogP contribution in [-0.4, -0.2) is 103 Å². The van der Waals surface area contributed by atoms with E-state index >= 15 is 0 Å². The molecule has 2 amide bonds. The maximum Gasteiger partial charge on any atom is 0.445 e. The number of anilines is 2. The number of aryl methyl sites for hydroxylation is 1. The Morgan fingerprint density at radius 3 is 1.84 bits per heavy atom. The Labute approximate surface area is 261 Å². The Morgan fingerprint density at radius 1 is 0.956 bits per heavy atom. The lowest BCUT2D eigenvalue weighted by atomic mass is 9.76. The van der Waals surface area contributed by atoms with E-state index in [0.29, 0.717) is 0 Å². The maximum absolute atomic E-state index is 14.3. The molecule has 2 saturated heterocycles. The van der Waals surface area contributed by atoms with Gasteiger partial charge in [0.1, 0.15) is 23.3 Å². The van der Waals surface area contributed by atoms with Crippen molar-refractivity contribution in [3.8, 4) is 0 Å². The lowest BCUT2D eigenvalue weighted by molar-refractivity contribution is -0.192. The quantitative estimate of drug-likeness (QED) is 0.380. The number of carbonyl (C=O) groups excluding carboxylic acids is 4. The summed E-state index contributed by atoms with van der Waals surface area (Å²) in [6.45, 7) is 11.1. The SMILES string of the molecule is CCN1CC(C)(C)OC(=O)C1C(C(=O)Nc1ccn(C)n1)C(C(=O)Nc1nnc(C(F)(F)F)s1)C1C(=O)OC(C)(C)CN1CC. The highest BCUT2D eigenvalue weighted by Gasteiger charge is 2.57. The van der Waals surface area contributed by atoms with Gasteiger partial charge in [-0.1, -0.05) is 25.2 Å². The van der Waals surface area contributed by atoms with Crippen molar-refractivity contribution in [2.45, 2.75) is 71.0 Å². The number of amides is 2. The highest BCUT2D eigenvalue weighted by Crippen LogP contribution is 2.38. The van der Waals surface area contributed by atoms with Crippen LogP contribution in [0.2, 0.25) is 0 Å². The van der Waals surface area contributed by atoms with E-state index in [9.17, 15) is 32.3 Å². The van der Waals surface area contributed by atoms with Crippen molar-refractivity contribution in [2.24, 2.45) is 18.9 Å². The zero-order valence-corrected chi connectivity index (χ0v) is 26.8. The van der Waals surface area contributed by atoms with Gasteiger partial charge in [-0.05, 0) is 40.8 Å². The van der Waals surface area contributed by atoms with Crippen LogP contribution < -0.4 is 10.6 Å². The third-order valence-electron chi connectivity index (χ3n) is 7.54. The van der Waals surface area contributed by atoms with E-state index in [1.165, 1.54) is 10.7 Å². The van der Waals surface area contributed by atoms with Crippen LogP contribution in [-0.2, 0) is 41.9 Å². The number of halogens is 3. The van der Waals surface area contributed by atoms with Crippen molar-refractivity contribution in [3.63, 3.8) is 0 Å². The number of esters is 2. The number of alkyl halides is 3. The molecule has 2 aliphatic rings. The molecule has 0 aliphatic carbocycles. The summed E-state index contributed by atoms with van der Waals surface area (Å²) in [5.41, 5.74) is -1.90. The molecule has 2 N–H and O–H groups in total. The zero-order valence-electron chi connectivity index (χ0n) is 26.0. The summed E-state index contributed by atoms with van der Waals surface area (Å²) < 4.78 is 52.7. The smallest absolute Gasteiger partial charge is 0.445 e. The molecule has 4 rings (SSSR count). The van der Waals surface area contributed by atoms with Crippen LogP contribution in [0, 0.1) is 11.8 Å². The lowest BCUT2D eigenvalue weighted by Crippen LogP contribution is -2.67. The number of nitrogens with zero attached hydrogens (tertiary/aromatic N) is 6. The average molecular weight is 659 g/mol. The predicted octanol–water partition coefficient (Wildman–Crippen LogP) is 2.15. The standard InChI is InChI=1S/C27H37F3N8O6S/c1-8-37-12-25(3,4)43-21(41)17(37)15(19(39)31-14-10-11-36(7)35-14)16(18-22(42)44-26(5,6)13-38(18)9-2)20(40)32-24-34-33-23(45-24)27(28,29)30/h10-11,15-18H,8-9,12-13H2,1-7H3,(H,31,35,39)(H,32,34,40). The number of cyclic esters (lactones) is 2. The molecule has 2 aromatic rings. The zero-order chi connectivity index (χ0) is 33.5. The van der Waals surface area contributed by atoms with E-state index in [1.807, 2.05) is 0 Å². The molecule has 0 saturated carbocycles. The van der Waals surface area contributed by atoms with E-state index in [2.05, 4.69) is 25.9 Å². The van der Waals surface area contributed by atoms with Gasteiger partial charge in [0.15, 0.2) is 5.82 Å². The maximum atomic E-state index is 14.3. The van der Waals surface area contributed by atoms with Gasteiger partial charge in [-0.3, -0.25) is 33.7 Å². The number of hydrogen-bond acceptors (Lipinski definition) is 12. The first-order valence-corrected chi connectivity index (χ1v) is 15.1. The summed E-state index contributed by atoms with van der Waals surface area (Å²) in [4.78, 5) is 59.3. The van der Waals surface area contributed by atoms with Gasteiger partial charge < -0.3 is 20.1 Å². The number of nitrogens with one attached hydrogen (secondary N) is 2. The Morgan fingerprint density at radius 2 is 1.44 bits per heavy atom. The van der Waals surface area contributed by atoms with Gasteiger partial charge in [0.2, 0.25) is 22.0 Å². The molecule has 248 valence electrons. The fourth-order valence-electron chi connectivity index (χ4n) is 5.84. The fourth-order valence-corrected chi connectivity index (χ4v) is 6.46. The summed E-state index contributed by atoms with van der Waals surface area (Å²) >= 11 is 0.0814. The summed E-state index contributed by atoms with van der Waals surface area (Å²) in [5.74, 6) is -6.70. The third-order valence-corrected chi connectivity index (χ3v) is 8.42. The van der Waals surface area contributed by atoms with Crippen molar-refractivity contribution in [1.82, 2.24) is 29.8 Å². The number of rotatable bonds is 9. The lowest BCUT2D eigenvalue weighted by Gasteiger charge is -2.49. The number of carbonyl (C=O) groups is 4. The molecule has 0 aromatic carbocycles. The Balaban J connectivity index is 1.87. The van der Waals surface area contributed by atoms with Crippen LogP contribution in [0.4, 0.5) is 24.1 Å².